The number of aliphatic carboxylic acids is 4. The van der Waals surface area contributed by atoms with Gasteiger partial charge in [-0.3, -0.25) is 0 Å². The van der Waals surface area contributed by atoms with Gasteiger partial charge in [0.1, 0.15) is 23.9 Å². The topological polar surface area (TPSA) is 161 Å². The summed E-state index contributed by atoms with van der Waals surface area (Å²) in [5.74, 6) is -66.8. The first-order chi connectivity index (χ1) is 21.8. The van der Waals surface area contributed by atoms with Crippen LogP contribution in [0, 0.1) is 0 Å². The van der Waals surface area contributed by atoms with Gasteiger partial charge in [-0.15, -0.1) is 0 Å². The summed E-state index contributed by atoms with van der Waals surface area (Å²) in [4.78, 5) is 37.1. The largest absolute Gasteiger partial charge is 0.544 e. The maximum Gasteiger partial charge on any atom is 0.460 e. The molecule has 0 amide bonds. The van der Waals surface area contributed by atoms with Crippen molar-refractivity contribution >= 4 is 23.9 Å². The molecule has 0 N–H and O–H groups in total. The fourth-order valence-electron chi connectivity index (χ4n) is 1.22. The van der Waals surface area contributed by atoms with E-state index in [0.29, 0.717) is 0 Å². The molecule has 0 aromatic rings. The molecule has 0 aliphatic heterocycles. The molecule has 0 saturated carbocycles. The number of rotatable bonds is 8. The molecule has 0 atom stereocenters. The van der Waals surface area contributed by atoms with Crippen molar-refractivity contribution in [3.63, 3.8) is 0 Å². The molecule has 0 bridgehead atoms. The van der Waals surface area contributed by atoms with Gasteiger partial charge in [-0.25, -0.2) is 0 Å². The van der Waals surface area contributed by atoms with Crippen molar-refractivity contribution in [1.82, 2.24) is 0 Å². The van der Waals surface area contributed by atoms with Gasteiger partial charge in [0.15, 0.2) is 0 Å². The summed E-state index contributed by atoms with van der Waals surface area (Å²) < 4.78 is 321. The summed E-state index contributed by atoms with van der Waals surface area (Å²) in [6.07, 6.45) is -26.6. The summed E-state index contributed by atoms with van der Waals surface area (Å²) in [5.41, 5.74) is 0. The number of hydrogen-bond acceptors (Lipinski definition) is 8. The van der Waals surface area contributed by atoms with Gasteiger partial charge in [-0.1, -0.05) is 0 Å². The fourth-order valence-corrected chi connectivity index (χ4v) is 1.22. The average molecular weight is 1060 g/mol. The molecular weight excluding hydrogens is 1060 g/mol. The zero-order valence-corrected chi connectivity index (χ0v) is 25.8. The van der Waals surface area contributed by atoms with Crippen LogP contribution in [0.15, 0.2) is 0 Å². The van der Waals surface area contributed by atoms with Crippen molar-refractivity contribution in [2.45, 2.75) is 72.1 Å². The van der Waals surface area contributed by atoms with Crippen LogP contribution in [-0.2, 0) is 58.1 Å². The van der Waals surface area contributed by atoms with Crippen LogP contribution >= 0.6 is 0 Å². The minimum atomic E-state index is -6.64. The van der Waals surface area contributed by atoms with E-state index < -0.39 is 96.0 Å². The Hall–Kier alpha value is -2.83. The van der Waals surface area contributed by atoms with E-state index in [1.165, 1.54) is 0 Å². The molecule has 0 rings (SSSR count). The van der Waals surface area contributed by atoms with Gasteiger partial charge in [0.2, 0.25) is 0 Å². The van der Waals surface area contributed by atoms with E-state index in [0.717, 1.165) is 0 Å². The zero-order valence-electron chi connectivity index (χ0n) is 22.5. The van der Waals surface area contributed by atoms with Crippen LogP contribution in [0.1, 0.15) is 0 Å². The number of alkyl halides is 28. The van der Waals surface area contributed by atoms with E-state index >= 15 is 0 Å². The van der Waals surface area contributed by atoms with Crippen LogP contribution in [0.25, 0.3) is 0 Å². The Kier molecular flexibility index (Phi) is 21.5. The number of halogens is 28. The first-order valence-electron chi connectivity index (χ1n) is 9.92. The predicted octanol–water partition coefficient (Wildman–Crippen LogP) is 2.27. The van der Waals surface area contributed by atoms with E-state index in [1.807, 2.05) is 0 Å². The smallest absolute Gasteiger partial charge is 0.460 e. The van der Waals surface area contributed by atoms with E-state index in [4.69, 9.17) is 0 Å². The molecular formula is C16F28O8Rh2-4. The summed E-state index contributed by atoms with van der Waals surface area (Å²) in [7, 11) is 0. The molecule has 330 valence electrons. The normalized spacial score (nSPS) is 13.9. The molecule has 54 heavy (non-hydrogen) atoms. The molecule has 0 saturated heterocycles. The van der Waals surface area contributed by atoms with Gasteiger partial charge in [0, 0.05) is 39.0 Å². The molecule has 0 heterocycles. The van der Waals surface area contributed by atoms with Gasteiger partial charge >= 0.3 is 72.1 Å². The van der Waals surface area contributed by atoms with Gasteiger partial charge in [0.25, 0.3) is 0 Å². The third-order valence-corrected chi connectivity index (χ3v) is 4.03. The van der Waals surface area contributed by atoms with Gasteiger partial charge < -0.3 is 39.6 Å². The van der Waals surface area contributed by atoms with Gasteiger partial charge in [-0.2, -0.15) is 123 Å². The second-order valence-electron chi connectivity index (χ2n) is 7.74. The molecule has 0 aromatic heterocycles. The van der Waals surface area contributed by atoms with Crippen molar-refractivity contribution in [2.24, 2.45) is 0 Å². The zero-order chi connectivity index (χ0) is 44.3. The Morgan fingerprint density at radius 3 is 0.333 bits per heavy atom. The van der Waals surface area contributed by atoms with Crippen molar-refractivity contribution in [2.75, 3.05) is 0 Å². The Balaban J connectivity index is -0.000000140. The van der Waals surface area contributed by atoms with Crippen molar-refractivity contribution < 1.29 is 201 Å². The molecule has 0 fully saturated rings. The second kappa shape index (κ2) is 18.4. The molecule has 0 aliphatic rings. The molecule has 0 unspecified atom stereocenters. The minimum absolute atomic E-state index is 0. The van der Waals surface area contributed by atoms with Crippen LogP contribution in [0.4, 0.5) is 123 Å². The summed E-state index contributed by atoms with van der Waals surface area (Å²) in [6, 6.07) is 0. The Labute approximate surface area is 297 Å². The van der Waals surface area contributed by atoms with Crippen molar-refractivity contribution in [3.8, 4) is 0 Å². The maximum atomic E-state index is 11.7. The number of carbonyl (C=O) groups excluding carboxylic acids is 4. The van der Waals surface area contributed by atoms with E-state index in [1.54, 1.807) is 0 Å². The Morgan fingerprint density at radius 2 is 0.315 bits per heavy atom. The summed E-state index contributed by atoms with van der Waals surface area (Å²) >= 11 is 0. The number of carboxylic acid groups (broad SMARTS) is 4. The quantitative estimate of drug-likeness (QED) is 0.265. The van der Waals surface area contributed by atoms with Crippen LogP contribution in [0.2, 0.25) is 0 Å². The summed E-state index contributed by atoms with van der Waals surface area (Å²) in [5, 5.41) is 37.1. The minimum Gasteiger partial charge on any atom is -0.544 e. The first-order valence-corrected chi connectivity index (χ1v) is 9.92. The van der Waals surface area contributed by atoms with Gasteiger partial charge in [-0.05, 0) is 0 Å². The first kappa shape index (κ1) is 63.1. The molecule has 0 aromatic carbocycles. The Morgan fingerprint density at radius 1 is 0.241 bits per heavy atom. The third kappa shape index (κ3) is 13.1. The van der Waals surface area contributed by atoms with Crippen LogP contribution in [-0.4, -0.2) is 96.0 Å². The van der Waals surface area contributed by atoms with E-state index in [-0.39, 0.29) is 39.0 Å². The van der Waals surface area contributed by atoms with E-state index in [9.17, 15) is 163 Å². The second-order valence-corrected chi connectivity index (χ2v) is 7.74. The monoisotopic (exact) mass is 1060 g/mol. The SMILES string of the molecule is O=C([O-])C(F)(F)C(F)(F)C(F)(F)F.O=C([O-])C(F)(F)C(F)(F)C(F)(F)F.O=C([O-])C(F)(F)C(F)(F)C(F)(F)F.O=C([O-])C(F)(F)C(F)(F)C(F)(F)F.[Rh].[Rh]. The van der Waals surface area contributed by atoms with Gasteiger partial charge in [0.05, 0.1) is 0 Å². The number of carbonyl (C=O) groups is 4. The predicted molar refractivity (Wildman–Crippen MR) is 83.8 cm³/mol. The molecule has 0 spiro atoms. The van der Waals surface area contributed by atoms with Crippen molar-refractivity contribution in [1.29, 1.82) is 0 Å². The van der Waals surface area contributed by atoms with Crippen LogP contribution in [0.5, 0.6) is 0 Å². The number of hydrogen-bond donors (Lipinski definition) is 0. The third-order valence-electron chi connectivity index (χ3n) is 4.03. The summed E-state index contributed by atoms with van der Waals surface area (Å²) in [6.45, 7) is 0. The maximum absolute atomic E-state index is 11.7. The molecule has 8 nitrogen and oxygen atoms in total. The molecule has 2 radical (unpaired) electrons. The molecule has 0 aliphatic carbocycles. The fraction of sp³-hybridized carbons (Fsp3) is 0.750. The van der Waals surface area contributed by atoms with Crippen LogP contribution in [0.3, 0.4) is 0 Å². The Bertz CT molecular complexity index is 1070. The van der Waals surface area contributed by atoms with E-state index in [2.05, 4.69) is 0 Å². The van der Waals surface area contributed by atoms with Crippen LogP contribution < -0.4 is 20.4 Å². The number of carboxylic acids is 4. The van der Waals surface area contributed by atoms with Crippen molar-refractivity contribution in [3.05, 3.63) is 0 Å². The molecule has 38 heteroatoms. The standard InChI is InChI=1S/4C4HF7O2.2Rh/c4*5-2(6,1(12)13)3(7,8)4(9,10)11;;/h4*(H,12,13);;/p-4. The average Bonchev–Trinajstić information content (AvgIpc) is 2.86.